The summed E-state index contributed by atoms with van der Waals surface area (Å²) in [6.45, 7) is 2.29. The van der Waals surface area contributed by atoms with E-state index in [1.807, 2.05) is 0 Å². The molecule has 0 spiro atoms. The summed E-state index contributed by atoms with van der Waals surface area (Å²) in [5.74, 6) is 3.37. The lowest BCUT2D eigenvalue weighted by molar-refractivity contribution is 0.298. The largest absolute Gasteiger partial charge is 0.317 e. The second-order valence-corrected chi connectivity index (χ2v) is 6.14. The van der Waals surface area contributed by atoms with E-state index >= 15 is 0 Å². The highest BCUT2D eigenvalue weighted by Crippen LogP contribution is 2.49. The minimum atomic E-state index is 0.781. The monoisotopic (exact) mass is 223 g/mol. The molecule has 0 aromatic heterocycles. The van der Waals surface area contributed by atoms with Crippen LogP contribution in [0.4, 0.5) is 0 Å². The van der Waals surface area contributed by atoms with Crippen LogP contribution in [0.2, 0.25) is 0 Å². The molecular weight excluding hydrogens is 194 g/mol. The van der Waals surface area contributed by atoms with Crippen molar-refractivity contribution in [1.29, 1.82) is 0 Å². The van der Waals surface area contributed by atoms with Crippen LogP contribution in [0.1, 0.15) is 64.7 Å². The van der Waals surface area contributed by atoms with E-state index in [0.29, 0.717) is 0 Å². The molecule has 0 amide bonds. The van der Waals surface area contributed by atoms with Crippen molar-refractivity contribution in [3.63, 3.8) is 0 Å². The van der Waals surface area contributed by atoms with Crippen LogP contribution >= 0.6 is 0 Å². The first kappa shape index (κ1) is 12.4. The molecule has 0 saturated heterocycles. The third-order valence-corrected chi connectivity index (χ3v) is 5.06. The lowest BCUT2D eigenvalue weighted by Gasteiger charge is -2.22. The van der Waals surface area contributed by atoms with E-state index in [2.05, 4.69) is 19.3 Å². The fourth-order valence-electron chi connectivity index (χ4n) is 4.14. The van der Waals surface area contributed by atoms with Gasteiger partial charge < -0.3 is 5.32 Å². The maximum absolute atomic E-state index is 3.46. The summed E-state index contributed by atoms with van der Waals surface area (Å²) < 4.78 is 0. The Morgan fingerprint density at radius 2 is 2.06 bits per heavy atom. The third-order valence-electron chi connectivity index (χ3n) is 5.06. The summed E-state index contributed by atoms with van der Waals surface area (Å²) in [6, 6.07) is 0.781. The standard InChI is InChI=1S/C15H29N/c1-3-5-15(16-2)7-4-6-13-10-12-8-9-14(13)11-12/h12-16H,3-11H2,1-2H3. The van der Waals surface area contributed by atoms with E-state index in [9.17, 15) is 0 Å². The van der Waals surface area contributed by atoms with Crippen LogP contribution in [0.5, 0.6) is 0 Å². The molecule has 0 heterocycles. The van der Waals surface area contributed by atoms with Crippen LogP contribution in [0.3, 0.4) is 0 Å². The molecule has 2 rings (SSSR count). The summed E-state index contributed by atoms with van der Waals surface area (Å²) in [6.07, 6.45) is 13.3. The van der Waals surface area contributed by atoms with Gasteiger partial charge in [-0.1, -0.05) is 32.6 Å². The highest BCUT2D eigenvalue weighted by Gasteiger charge is 2.38. The lowest BCUT2D eigenvalue weighted by atomic mass is 9.84. The first-order valence-corrected chi connectivity index (χ1v) is 7.50. The fraction of sp³-hybridized carbons (Fsp3) is 1.00. The Morgan fingerprint density at radius 3 is 2.62 bits per heavy atom. The van der Waals surface area contributed by atoms with Crippen molar-refractivity contribution in [1.82, 2.24) is 5.32 Å². The van der Waals surface area contributed by atoms with Crippen molar-refractivity contribution in [3.8, 4) is 0 Å². The molecule has 2 aliphatic carbocycles. The van der Waals surface area contributed by atoms with Gasteiger partial charge >= 0.3 is 0 Å². The molecular formula is C15H29N. The predicted octanol–water partition coefficient (Wildman–Crippen LogP) is 3.98. The molecule has 0 aliphatic heterocycles. The molecule has 1 nitrogen and oxygen atoms in total. The SMILES string of the molecule is CCCC(CCCC1CC2CCC1C2)NC. The molecule has 1 N–H and O–H groups in total. The van der Waals surface area contributed by atoms with Gasteiger partial charge in [-0.3, -0.25) is 0 Å². The van der Waals surface area contributed by atoms with E-state index in [0.717, 1.165) is 23.8 Å². The molecule has 16 heavy (non-hydrogen) atoms. The molecule has 4 atom stereocenters. The highest BCUT2D eigenvalue weighted by atomic mass is 14.9. The molecule has 0 aromatic rings. The Bertz CT molecular complexity index is 202. The first-order chi connectivity index (χ1) is 7.83. The van der Waals surface area contributed by atoms with Gasteiger partial charge in [-0.05, 0) is 56.9 Å². The minimum Gasteiger partial charge on any atom is -0.317 e. The zero-order valence-electron chi connectivity index (χ0n) is 11.2. The normalized spacial score (nSPS) is 34.5. The number of hydrogen-bond acceptors (Lipinski definition) is 1. The van der Waals surface area contributed by atoms with E-state index < -0.39 is 0 Å². The Kier molecular flexibility index (Phi) is 4.69. The van der Waals surface area contributed by atoms with Gasteiger partial charge in [0.25, 0.3) is 0 Å². The zero-order valence-corrected chi connectivity index (χ0v) is 11.2. The molecule has 94 valence electrons. The number of rotatable bonds is 7. The summed E-state index contributed by atoms with van der Waals surface area (Å²) >= 11 is 0. The minimum absolute atomic E-state index is 0.781. The van der Waals surface area contributed by atoms with Gasteiger partial charge in [0.15, 0.2) is 0 Å². The van der Waals surface area contributed by atoms with Crippen molar-refractivity contribution < 1.29 is 0 Å². The Hall–Kier alpha value is -0.0400. The molecule has 1 heteroatoms. The van der Waals surface area contributed by atoms with E-state index in [1.54, 1.807) is 25.7 Å². The molecule has 2 fully saturated rings. The van der Waals surface area contributed by atoms with Gasteiger partial charge in [0.2, 0.25) is 0 Å². The average Bonchev–Trinajstić information content (AvgIpc) is 2.89. The summed E-state index contributed by atoms with van der Waals surface area (Å²) in [4.78, 5) is 0. The van der Waals surface area contributed by atoms with Gasteiger partial charge in [-0.25, -0.2) is 0 Å². The molecule has 2 aliphatic rings. The molecule has 0 radical (unpaired) electrons. The second-order valence-electron chi connectivity index (χ2n) is 6.14. The number of hydrogen-bond donors (Lipinski definition) is 1. The van der Waals surface area contributed by atoms with Crippen molar-refractivity contribution in [2.24, 2.45) is 17.8 Å². The Balaban J connectivity index is 1.60. The van der Waals surface area contributed by atoms with E-state index in [4.69, 9.17) is 0 Å². The van der Waals surface area contributed by atoms with Gasteiger partial charge in [-0.2, -0.15) is 0 Å². The zero-order chi connectivity index (χ0) is 11.4. The average molecular weight is 223 g/mol. The van der Waals surface area contributed by atoms with Crippen molar-refractivity contribution in [2.75, 3.05) is 7.05 Å². The van der Waals surface area contributed by atoms with Gasteiger partial charge in [0.05, 0.1) is 0 Å². The molecule has 2 saturated carbocycles. The molecule has 4 unspecified atom stereocenters. The van der Waals surface area contributed by atoms with Crippen LogP contribution in [0.15, 0.2) is 0 Å². The summed E-state index contributed by atoms with van der Waals surface area (Å²) in [5, 5.41) is 3.46. The summed E-state index contributed by atoms with van der Waals surface area (Å²) in [5.41, 5.74) is 0. The van der Waals surface area contributed by atoms with Gasteiger partial charge in [0, 0.05) is 6.04 Å². The van der Waals surface area contributed by atoms with Gasteiger partial charge in [0.1, 0.15) is 0 Å². The lowest BCUT2D eigenvalue weighted by Crippen LogP contribution is -2.25. The van der Waals surface area contributed by atoms with Crippen molar-refractivity contribution in [2.45, 2.75) is 70.8 Å². The predicted molar refractivity (Wildman–Crippen MR) is 70.5 cm³/mol. The quantitative estimate of drug-likeness (QED) is 0.688. The molecule has 0 aromatic carbocycles. The maximum Gasteiger partial charge on any atom is 0.00639 e. The van der Waals surface area contributed by atoms with Crippen LogP contribution in [0, 0.1) is 17.8 Å². The van der Waals surface area contributed by atoms with Crippen molar-refractivity contribution in [3.05, 3.63) is 0 Å². The van der Waals surface area contributed by atoms with Crippen molar-refractivity contribution >= 4 is 0 Å². The van der Waals surface area contributed by atoms with E-state index in [1.165, 1.54) is 32.1 Å². The maximum atomic E-state index is 3.46. The Labute approximate surface area is 101 Å². The fourth-order valence-corrected chi connectivity index (χ4v) is 4.14. The third kappa shape index (κ3) is 3.00. The van der Waals surface area contributed by atoms with Crippen LogP contribution in [-0.2, 0) is 0 Å². The first-order valence-electron chi connectivity index (χ1n) is 7.50. The topological polar surface area (TPSA) is 12.0 Å². The van der Waals surface area contributed by atoms with Crippen LogP contribution < -0.4 is 5.32 Å². The molecule has 2 bridgehead atoms. The summed E-state index contributed by atoms with van der Waals surface area (Å²) in [7, 11) is 2.12. The van der Waals surface area contributed by atoms with Crippen LogP contribution in [0.25, 0.3) is 0 Å². The second kappa shape index (κ2) is 6.05. The van der Waals surface area contributed by atoms with Gasteiger partial charge in [-0.15, -0.1) is 0 Å². The Morgan fingerprint density at radius 1 is 1.19 bits per heavy atom. The van der Waals surface area contributed by atoms with Crippen LogP contribution in [-0.4, -0.2) is 13.1 Å². The number of nitrogens with one attached hydrogen (secondary N) is 1. The van der Waals surface area contributed by atoms with E-state index in [-0.39, 0.29) is 0 Å². The number of fused-ring (bicyclic) bond motifs is 2. The smallest absolute Gasteiger partial charge is 0.00639 e. The highest BCUT2D eigenvalue weighted by molar-refractivity contribution is 4.89.